The predicted octanol–water partition coefficient (Wildman–Crippen LogP) is 0.476. The molecule has 1 atom stereocenters. The molecule has 17 heavy (non-hydrogen) atoms. The van der Waals surface area contributed by atoms with E-state index in [2.05, 4.69) is 4.98 Å². The van der Waals surface area contributed by atoms with Crippen molar-refractivity contribution in [1.29, 1.82) is 0 Å². The number of aryl methyl sites for hydroxylation is 1. The summed E-state index contributed by atoms with van der Waals surface area (Å²) in [6.45, 7) is 1.87. The Bertz CT molecular complexity index is 540. The fraction of sp³-hybridized carbons (Fsp3) is 0.0769. The van der Waals surface area contributed by atoms with E-state index in [0.29, 0.717) is 5.56 Å². The molecule has 0 aliphatic rings. The van der Waals surface area contributed by atoms with Gasteiger partial charge in [0.1, 0.15) is 0 Å². The van der Waals surface area contributed by atoms with Gasteiger partial charge < -0.3 is 0 Å². The standard InChI is InChI=1S/C13H12AsNO2/c1-9-12(11(13(16)17)7-8-15-9)14-10-5-3-2-4-6-10/h2-8,14H,1H3,(H,16,17). The van der Waals surface area contributed by atoms with E-state index in [1.54, 1.807) is 12.3 Å². The molecule has 0 saturated carbocycles. The molecule has 1 N–H and O–H groups in total. The van der Waals surface area contributed by atoms with Crippen molar-refractivity contribution >= 4 is 30.4 Å². The summed E-state index contributed by atoms with van der Waals surface area (Å²) in [4.78, 5) is 15.3. The van der Waals surface area contributed by atoms with Crippen molar-refractivity contribution in [2.75, 3.05) is 0 Å². The number of benzene rings is 1. The maximum absolute atomic E-state index is 11.2. The molecule has 0 radical (unpaired) electrons. The van der Waals surface area contributed by atoms with Crippen LogP contribution < -0.4 is 8.70 Å². The average molecular weight is 289 g/mol. The van der Waals surface area contributed by atoms with Crippen LogP contribution in [0.15, 0.2) is 42.6 Å². The number of rotatable bonds is 3. The quantitative estimate of drug-likeness (QED) is 0.836. The molecule has 0 amide bonds. The van der Waals surface area contributed by atoms with Crippen LogP contribution in [0.4, 0.5) is 0 Å². The average Bonchev–Trinajstić information content (AvgIpc) is 2.33. The molecule has 2 aromatic rings. The Morgan fingerprint density at radius 1 is 1.24 bits per heavy atom. The van der Waals surface area contributed by atoms with Gasteiger partial charge in [0.15, 0.2) is 0 Å². The number of hydrogen-bond donors (Lipinski definition) is 1. The van der Waals surface area contributed by atoms with Gasteiger partial charge in [-0.1, -0.05) is 0 Å². The first kappa shape index (κ1) is 11.9. The van der Waals surface area contributed by atoms with Crippen molar-refractivity contribution in [2.45, 2.75) is 6.92 Å². The first-order chi connectivity index (χ1) is 8.18. The Hall–Kier alpha value is -1.60. The second-order valence-corrected chi connectivity index (χ2v) is 6.40. The normalized spacial score (nSPS) is 10.9. The minimum absolute atomic E-state index is 0.390. The molecular weight excluding hydrogens is 277 g/mol. The van der Waals surface area contributed by atoms with Crippen LogP contribution in [0.25, 0.3) is 0 Å². The number of carbonyl (C=O) groups is 1. The van der Waals surface area contributed by atoms with Gasteiger partial charge in [-0.05, 0) is 0 Å². The van der Waals surface area contributed by atoms with E-state index in [9.17, 15) is 4.79 Å². The Morgan fingerprint density at radius 3 is 2.59 bits per heavy atom. The number of aromatic nitrogens is 1. The molecule has 0 spiro atoms. The fourth-order valence-corrected chi connectivity index (χ4v) is 4.12. The van der Waals surface area contributed by atoms with E-state index in [-0.39, 0.29) is 0 Å². The number of hydrogen-bond acceptors (Lipinski definition) is 2. The van der Waals surface area contributed by atoms with Gasteiger partial charge in [0.2, 0.25) is 0 Å². The second-order valence-electron chi connectivity index (χ2n) is 3.62. The predicted molar refractivity (Wildman–Crippen MR) is 68.8 cm³/mol. The molecule has 1 heterocycles. The van der Waals surface area contributed by atoms with Crippen molar-refractivity contribution < 1.29 is 9.90 Å². The molecular formula is C13H12AsNO2. The molecule has 86 valence electrons. The molecule has 3 nitrogen and oxygen atoms in total. The fourth-order valence-electron chi connectivity index (χ4n) is 1.57. The SMILES string of the molecule is Cc1nccc(C(=O)O)c1[AsH]c1ccccc1. The third-order valence-corrected chi connectivity index (χ3v) is 5.57. The number of carboxylic acids is 1. The third-order valence-electron chi connectivity index (χ3n) is 2.41. The number of nitrogens with zero attached hydrogens (tertiary/aromatic N) is 1. The first-order valence-corrected chi connectivity index (χ1v) is 7.29. The van der Waals surface area contributed by atoms with Gasteiger partial charge in [0.05, 0.1) is 0 Å². The molecule has 0 fully saturated rings. The van der Waals surface area contributed by atoms with Crippen LogP contribution in [0.3, 0.4) is 0 Å². The van der Waals surface area contributed by atoms with Gasteiger partial charge in [-0.2, -0.15) is 0 Å². The van der Waals surface area contributed by atoms with E-state index in [4.69, 9.17) is 5.11 Å². The summed E-state index contributed by atoms with van der Waals surface area (Å²) >= 11 is -0.640. The first-order valence-electron chi connectivity index (χ1n) is 5.19. The monoisotopic (exact) mass is 289 g/mol. The topological polar surface area (TPSA) is 50.2 Å². The van der Waals surface area contributed by atoms with Crippen molar-refractivity contribution in [3.8, 4) is 0 Å². The summed E-state index contributed by atoms with van der Waals surface area (Å²) in [5.41, 5.74) is 1.22. The minimum atomic E-state index is -0.870. The van der Waals surface area contributed by atoms with Gasteiger partial charge in [-0.25, -0.2) is 0 Å². The maximum atomic E-state index is 11.2. The van der Waals surface area contributed by atoms with Gasteiger partial charge in [-0.3, -0.25) is 0 Å². The van der Waals surface area contributed by atoms with Crippen molar-refractivity contribution in [3.05, 3.63) is 53.9 Å². The van der Waals surface area contributed by atoms with Crippen LogP contribution in [0.1, 0.15) is 16.1 Å². The van der Waals surface area contributed by atoms with Crippen LogP contribution in [-0.4, -0.2) is 31.8 Å². The summed E-state index contributed by atoms with van der Waals surface area (Å²) in [6.07, 6.45) is 1.56. The van der Waals surface area contributed by atoms with Gasteiger partial charge in [0, 0.05) is 0 Å². The van der Waals surface area contributed by atoms with E-state index in [1.165, 1.54) is 4.35 Å². The molecule has 0 bridgehead atoms. The number of aromatic carboxylic acids is 1. The second kappa shape index (κ2) is 5.15. The summed E-state index contributed by atoms with van der Waals surface area (Å²) < 4.78 is 2.12. The summed E-state index contributed by atoms with van der Waals surface area (Å²) in [7, 11) is 0. The molecule has 1 aromatic heterocycles. The van der Waals surface area contributed by atoms with Crippen molar-refractivity contribution in [2.24, 2.45) is 0 Å². The van der Waals surface area contributed by atoms with E-state index >= 15 is 0 Å². The van der Waals surface area contributed by atoms with E-state index < -0.39 is 21.7 Å². The Balaban J connectivity index is 2.41. The molecule has 1 aromatic carbocycles. The van der Waals surface area contributed by atoms with Crippen molar-refractivity contribution in [3.63, 3.8) is 0 Å². The van der Waals surface area contributed by atoms with Crippen LogP contribution in [0.5, 0.6) is 0 Å². The Kier molecular flexibility index (Phi) is 3.60. The molecule has 0 aliphatic carbocycles. The van der Waals surface area contributed by atoms with Crippen LogP contribution in [0.2, 0.25) is 0 Å². The van der Waals surface area contributed by atoms with Gasteiger partial charge in [-0.15, -0.1) is 0 Å². The zero-order chi connectivity index (χ0) is 12.3. The van der Waals surface area contributed by atoms with Gasteiger partial charge in [0.25, 0.3) is 0 Å². The molecule has 0 aliphatic heterocycles. The van der Waals surface area contributed by atoms with Crippen LogP contribution in [-0.2, 0) is 0 Å². The summed E-state index contributed by atoms with van der Waals surface area (Å²) in [5, 5.41) is 9.16. The van der Waals surface area contributed by atoms with Crippen molar-refractivity contribution in [1.82, 2.24) is 4.98 Å². The molecule has 4 heteroatoms. The molecule has 2 rings (SSSR count). The van der Waals surface area contributed by atoms with E-state index in [1.807, 2.05) is 37.3 Å². The van der Waals surface area contributed by atoms with Crippen LogP contribution in [0, 0.1) is 6.92 Å². The Labute approximate surface area is 106 Å². The zero-order valence-electron chi connectivity index (χ0n) is 9.34. The zero-order valence-corrected chi connectivity index (χ0v) is 11.4. The van der Waals surface area contributed by atoms with E-state index in [0.717, 1.165) is 10.0 Å². The molecule has 1 unspecified atom stereocenters. The van der Waals surface area contributed by atoms with Crippen LogP contribution >= 0.6 is 0 Å². The van der Waals surface area contributed by atoms with Gasteiger partial charge >= 0.3 is 106 Å². The third kappa shape index (κ3) is 2.74. The number of pyridine rings is 1. The summed E-state index contributed by atoms with van der Waals surface area (Å²) in [6, 6.07) is 11.6. The molecule has 0 saturated heterocycles. The summed E-state index contributed by atoms with van der Waals surface area (Å²) in [5.74, 6) is -0.870. The Morgan fingerprint density at radius 2 is 1.94 bits per heavy atom. The number of carboxylic acid groups (broad SMARTS) is 1.